The smallest absolute Gasteiger partial charge is 0.202 e. The van der Waals surface area contributed by atoms with Crippen molar-refractivity contribution in [3.05, 3.63) is 42.5 Å². The van der Waals surface area contributed by atoms with Crippen molar-refractivity contribution in [1.29, 1.82) is 0 Å². The molecule has 16 heavy (non-hydrogen) atoms. The lowest BCUT2D eigenvalue weighted by molar-refractivity contribution is 0.562. The summed E-state index contributed by atoms with van der Waals surface area (Å²) in [6.07, 6.45) is 5.06. The SMILES string of the molecule is Nc1nc2cccnc2n1Cc1ccoc1. The minimum Gasteiger partial charge on any atom is -0.472 e. The highest BCUT2D eigenvalue weighted by atomic mass is 16.3. The summed E-state index contributed by atoms with van der Waals surface area (Å²) < 4.78 is 6.88. The van der Waals surface area contributed by atoms with Crippen LogP contribution in [0.15, 0.2) is 41.3 Å². The third-order valence-electron chi connectivity index (χ3n) is 2.45. The van der Waals surface area contributed by atoms with Crippen LogP contribution >= 0.6 is 0 Å². The van der Waals surface area contributed by atoms with E-state index in [-0.39, 0.29) is 0 Å². The Hall–Kier alpha value is -2.30. The van der Waals surface area contributed by atoms with Gasteiger partial charge < -0.3 is 10.2 Å². The molecule has 0 unspecified atom stereocenters. The first-order chi connectivity index (χ1) is 7.84. The number of furan rings is 1. The molecule has 2 N–H and O–H groups in total. The summed E-state index contributed by atoms with van der Waals surface area (Å²) in [6.45, 7) is 0.621. The first-order valence-electron chi connectivity index (χ1n) is 4.92. The fraction of sp³-hybridized carbons (Fsp3) is 0.0909. The summed E-state index contributed by atoms with van der Waals surface area (Å²) in [6, 6.07) is 5.63. The van der Waals surface area contributed by atoms with Crippen molar-refractivity contribution in [2.75, 3.05) is 5.73 Å². The Morgan fingerprint density at radius 1 is 1.38 bits per heavy atom. The number of nitrogens with two attached hydrogens (primary N) is 1. The van der Waals surface area contributed by atoms with E-state index in [2.05, 4.69) is 9.97 Å². The molecule has 3 heterocycles. The summed E-state index contributed by atoms with van der Waals surface area (Å²) in [5.41, 5.74) is 8.49. The minimum atomic E-state index is 0.468. The summed E-state index contributed by atoms with van der Waals surface area (Å²) in [4.78, 5) is 8.51. The Kier molecular flexibility index (Phi) is 1.89. The molecule has 0 aromatic carbocycles. The van der Waals surface area contributed by atoms with Gasteiger partial charge in [0.25, 0.3) is 0 Å². The average Bonchev–Trinajstić information content (AvgIpc) is 2.89. The predicted octanol–water partition coefficient (Wildman–Crippen LogP) is 1.65. The van der Waals surface area contributed by atoms with E-state index in [0.717, 1.165) is 16.7 Å². The largest absolute Gasteiger partial charge is 0.472 e. The number of nitrogen functional groups attached to an aromatic ring is 1. The molecule has 3 aromatic rings. The maximum Gasteiger partial charge on any atom is 0.202 e. The van der Waals surface area contributed by atoms with Crippen LogP contribution in [0.4, 0.5) is 5.95 Å². The fourth-order valence-corrected chi connectivity index (χ4v) is 1.70. The van der Waals surface area contributed by atoms with Crippen LogP contribution in [0.2, 0.25) is 0 Å². The van der Waals surface area contributed by atoms with Crippen molar-refractivity contribution in [2.24, 2.45) is 0 Å². The van der Waals surface area contributed by atoms with Gasteiger partial charge in [0.1, 0.15) is 5.52 Å². The van der Waals surface area contributed by atoms with Gasteiger partial charge in [0.15, 0.2) is 5.65 Å². The monoisotopic (exact) mass is 214 g/mol. The molecule has 0 atom stereocenters. The molecule has 80 valence electrons. The third kappa shape index (κ3) is 1.33. The van der Waals surface area contributed by atoms with Gasteiger partial charge in [-0.2, -0.15) is 0 Å². The molecule has 3 rings (SSSR count). The number of pyridine rings is 1. The predicted molar refractivity (Wildman–Crippen MR) is 59.8 cm³/mol. The van der Waals surface area contributed by atoms with Crippen LogP contribution in [0, 0.1) is 0 Å². The van der Waals surface area contributed by atoms with E-state index in [9.17, 15) is 0 Å². The first kappa shape index (κ1) is 8.96. The van der Waals surface area contributed by atoms with E-state index in [4.69, 9.17) is 10.2 Å². The highest BCUT2D eigenvalue weighted by Gasteiger charge is 2.09. The average molecular weight is 214 g/mol. The summed E-state index contributed by atoms with van der Waals surface area (Å²) in [5, 5.41) is 0. The van der Waals surface area contributed by atoms with Crippen LogP contribution in [-0.2, 0) is 6.54 Å². The normalized spacial score (nSPS) is 11.0. The molecule has 0 bridgehead atoms. The van der Waals surface area contributed by atoms with Crippen LogP contribution in [-0.4, -0.2) is 14.5 Å². The standard InChI is InChI=1S/C11H10N4O/c12-11-14-9-2-1-4-13-10(9)15(11)6-8-3-5-16-7-8/h1-5,7H,6H2,(H2,12,14). The number of rotatable bonds is 2. The molecule has 0 spiro atoms. The zero-order chi connectivity index (χ0) is 11.0. The molecule has 0 aliphatic rings. The second-order valence-electron chi connectivity index (χ2n) is 3.53. The minimum absolute atomic E-state index is 0.468. The highest BCUT2D eigenvalue weighted by molar-refractivity contribution is 5.73. The van der Waals surface area contributed by atoms with Crippen molar-refractivity contribution < 1.29 is 4.42 Å². The highest BCUT2D eigenvalue weighted by Crippen LogP contribution is 2.16. The van der Waals surface area contributed by atoms with Gasteiger partial charge in [0.2, 0.25) is 5.95 Å². The van der Waals surface area contributed by atoms with Gasteiger partial charge in [-0.3, -0.25) is 4.57 Å². The number of aromatic nitrogens is 3. The molecule has 3 aromatic heterocycles. The van der Waals surface area contributed by atoms with Gasteiger partial charge in [-0.15, -0.1) is 0 Å². The van der Waals surface area contributed by atoms with Gasteiger partial charge in [0, 0.05) is 11.8 Å². The zero-order valence-corrected chi connectivity index (χ0v) is 8.50. The Balaban J connectivity index is 2.12. The second-order valence-corrected chi connectivity index (χ2v) is 3.53. The number of hydrogen-bond acceptors (Lipinski definition) is 4. The number of hydrogen-bond donors (Lipinski definition) is 1. The Morgan fingerprint density at radius 3 is 3.12 bits per heavy atom. The molecule has 0 saturated carbocycles. The van der Waals surface area contributed by atoms with Crippen LogP contribution in [0.1, 0.15) is 5.56 Å². The van der Waals surface area contributed by atoms with Crippen molar-refractivity contribution >= 4 is 17.1 Å². The molecule has 0 fully saturated rings. The lowest BCUT2D eigenvalue weighted by atomic mass is 10.3. The van der Waals surface area contributed by atoms with E-state index >= 15 is 0 Å². The van der Waals surface area contributed by atoms with Crippen LogP contribution in [0.25, 0.3) is 11.2 Å². The van der Waals surface area contributed by atoms with Crippen molar-refractivity contribution in [3.63, 3.8) is 0 Å². The Labute approximate surface area is 91.5 Å². The quantitative estimate of drug-likeness (QED) is 0.704. The van der Waals surface area contributed by atoms with E-state index < -0.39 is 0 Å². The van der Waals surface area contributed by atoms with Gasteiger partial charge in [-0.1, -0.05) is 0 Å². The second kappa shape index (κ2) is 3.37. The molecule has 0 amide bonds. The van der Waals surface area contributed by atoms with Crippen LogP contribution in [0.3, 0.4) is 0 Å². The molecule has 5 heteroatoms. The van der Waals surface area contributed by atoms with E-state index in [1.807, 2.05) is 22.8 Å². The Bertz CT molecular complexity index is 612. The lowest BCUT2D eigenvalue weighted by Crippen LogP contribution is -2.04. The van der Waals surface area contributed by atoms with Gasteiger partial charge in [-0.05, 0) is 18.2 Å². The first-order valence-corrected chi connectivity index (χ1v) is 4.92. The van der Waals surface area contributed by atoms with Gasteiger partial charge >= 0.3 is 0 Å². The summed E-state index contributed by atoms with van der Waals surface area (Å²) >= 11 is 0. The van der Waals surface area contributed by atoms with Crippen molar-refractivity contribution in [2.45, 2.75) is 6.54 Å². The van der Waals surface area contributed by atoms with Crippen molar-refractivity contribution in [3.8, 4) is 0 Å². The molecule has 0 saturated heterocycles. The van der Waals surface area contributed by atoms with Crippen LogP contribution < -0.4 is 5.73 Å². The number of fused-ring (bicyclic) bond motifs is 1. The topological polar surface area (TPSA) is 69.9 Å². The van der Waals surface area contributed by atoms with E-state index in [1.165, 1.54) is 0 Å². The fourth-order valence-electron chi connectivity index (χ4n) is 1.70. The summed E-state index contributed by atoms with van der Waals surface area (Å²) in [5.74, 6) is 0.468. The maximum atomic E-state index is 5.85. The van der Waals surface area contributed by atoms with Gasteiger partial charge in [-0.25, -0.2) is 9.97 Å². The third-order valence-corrected chi connectivity index (χ3v) is 2.45. The van der Waals surface area contributed by atoms with Crippen molar-refractivity contribution in [1.82, 2.24) is 14.5 Å². The lowest BCUT2D eigenvalue weighted by Gasteiger charge is -2.02. The van der Waals surface area contributed by atoms with E-state index in [0.29, 0.717) is 12.5 Å². The molecule has 5 nitrogen and oxygen atoms in total. The number of imidazole rings is 1. The molecule has 0 aliphatic carbocycles. The molecular weight excluding hydrogens is 204 g/mol. The summed E-state index contributed by atoms with van der Waals surface area (Å²) in [7, 11) is 0. The zero-order valence-electron chi connectivity index (χ0n) is 8.50. The molecule has 0 radical (unpaired) electrons. The maximum absolute atomic E-state index is 5.85. The molecular formula is C11H10N4O. The van der Waals surface area contributed by atoms with E-state index in [1.54, 1.807) is 18.7 Å². The van der Waals surface area contributed by atoms with Gasteiger partial charge in [0.05, 0.1) is 19.1 Å². The number of anilines is 1. The molecule has 0 aliphatic heterocycles. The van der Waals surface area contributed by atoms with Crippen LogP contribution in [0.5, 0.6) is 0 Å². The Morgan fingerprint density at radius 2 is 2.31 bits per heavy atom. The number of nitrogens with zero attached hydrogens (tertiary/aromatic N) is 3.